The summed E-state index contributed by atoms with van der Waals surface area (Å²) >= 11 is 1.22. The normalized spacial score (nSPS) is 16.1. The van der Waals surface area contributed by atoms with Gasteiger partial charge in [0.1, 0.15) is 23.4 Å². The van der Waals surface area contributed by atoms with Crippen LogP contribution in [0.15, 0.2) is 54.6 Å². The lowest BCUT2D eigenvalue weighted by molar-refractivity contribution is -0.120. The van der Waals surface area contributed by atoms with Gasteiger partial charge >= 0.3 is 0 Å². The third kappa shape index (κ3) is 3.72. The van der Waals surface area contributed by atoms with E-state index in [2.05, 4.69) is 15.5 Å². The number of hydrogen-bond acceptors (Lipinski definition) is 6. The number of para-hydroxylation sites is 2. The number of anilines is 1. The van der Waals surface area contributed by atoms with E-state index in [0.717, 1.165) is 10.6 Å². The maximum Gasteiger partial charge on any atom is 0.283 e. The summed E-state index contributed by atoms with van der Waals surface area (Å²) in [6.45, 7) is 0.0571. The van der Waals surface area contributed by atoms with Crippen LogP contribution in [0.5, 0.6) is 5.75 Å². The largest absolute Gasteiger partial charge is 0.489 e. The second-order valence-corrected chi connectivity index (χ2v) is 7.43. The Labute approximate surface area is 166 Å². The van der Waals surface area contributed by atoms with Crippen molar-refractivity contribution in [2.45, 2.75) is 12.5 Å². The molecule has 3 aromatic rings. The van der Waals surface area contributed by atoms with Crippen molar-refractivity contribution in [1.82, 2.24) is 15.5 Å². The molecule has 1 aliphatic rings. The van der Waals surface area contributed by atoms with Gasteiger partial charge in [-0.3, -0.25) is 9.59 Å². The number of ether oxygens (including phenoxy) is 1. The van der Waals surface area contributed by atoms with Crippen molar-refractivity contribution in [3.63, 3.8) is 0 Å². The molecule has 142 valence electrons. The average molecular weight is 394 g/mol. The fourth-order valence-corrected chi connectivity index (χ4v) is 3.74. The number of rotatable bonds is 4. The monoisotopic (exact) mass is 394 g/mol. The molecule has 0 aliphatic carbocycles. The summed E-state index contributed by atoms with van der Waals surface area (Å²) in [6, 6.07) is 16.3. The molecule has 8 heteroatoms. The van der Waals surface area contributed by atoms with Crippen molar-refractivity contribution in [3.05, 3.63) is 70.2 Å². The van der Waals surface area contributed by atoms with Crippen LogP contribution in [0.3, 0.4) is 0 Å². The van der Waals surface area contributed by atoms with Gasteiger partial charge < -0.3 is 15.0 Å². The van der Waals surface area contributed by atoms with E-state index < -0.39 is 11.9 Å². The molecular formula is C20H18N4O3S. The number of nitrogens with zero attached hydrogens (tertiary/aromatic N) is 3. The van der Waals surface area contributed by atoms with Crippen LogP contribution in [0, 0.1) is 0 Å². The summed E-state index contributed by atoms with van der Waals surface area (Å²) in [7, 11) is 1.66. The third-order valence-electron chi connectivity index (χ3n) is 4.43. The second-order valence-electron chi connectivity index (χ2n) is 6.37. The number of amides is 2. The summed E-state index contributed by atoms with van der Waals surface area (Å²) in [5, 5.41) is 11.8. The zero-order valence-corrected chi connectivity index (χ0v) is 16.0. The molecule has 4 rings (SSSR count). The Hall–Kier alpha value is -3.26. The highest BCUT2D eigenvalue weighted by Gasteiger charge is 2.31. The summed E-state index contributed by atoms with van der Waals surface area (Å²) in [5.41, 5.74) is 1.77. The Morgan fingerprint density at radius 3 is 2.75 bits per heavy atom. The van der Waals surface area contributed by atoms with Gasteiger partial charge in [0, 0.05) is 13.5 Å². The quantitative estimate of drug-likeness (QED) is 0.734. The van der Waals surface area contributed by atoms with Crippen molar-refractivity contribution < 1.29 is 14.3 Å². The first-order valence-electron chi connectivity index (χ1n) is 8.78. The molecule has 0 spiro atoms. The van der Waals surface area contributed by atoms with E-state index in [9.17, 15) is 9.59 Å². The van der Waals surface area contributed by atoms with E-state index in [1.807, 2.05) is 42.5 Å². The fraction of sp³-hybridized carbons (Fsp3) is 0.200. The number of carbonyl (C=O) groups is 2. The molecule has 1 aromatic heterocycles. The van der Waals surface area contributed by atoms with Crippen molar-refractivity contribution >= 4 is 28.8 Å². The zero-order chi connectivity index (χ0) is 19.5. The van der Waals surface area contributed by atoms with E-state index in [1.54, 1.807) is 19.2 Å². The van der Waals surface area contributed by atoms with Crippen LogP contribution in [0.25, 0.3) is 0 Å². The van der Waals surface area contributed by atoms with Gasteiger partial charge in [0.2, 0.25) is 5.01 Å². The molecule has 2 heterocycles. The third-order valence-corrected chi connectivity index (χ3v) is 5.35. The molecule has 0 unspecified atom stereocenters. The van der Waals surface area contributed by atoms with Crippen molar-refractivity contribution in [2.24, 2.45) is 0 Å². The number of fused-ring (bicyclic) bond motifs is 1. The van der Waals surface area contributed by atoms with Crippen LogP contribution in [0.4, 0.5) is 5.69 Å². The number of benzene rings is 2. The Morgan fingerprint density at radius 2 is 1.93 bits per heavy atom. The highest BCUT2D eigenvalue weighted by molar-refractivity contribution is 7.13. The van der Waals surface area contributed by atoms with Gasteiger partial charge in [-0.15, -0.1) is 10.2 Å². The molecule has 1 aliphatic heterocycles. The molecule has 0 radical (unpaired) electrons. The van der Waals surface area contributed by atoms with Gasteiger partial charge in [0.15, 0.2) is 0 Å². The van der Waals surface area contributed by atoms with Gasteiger partial charge in [-0.25, -0.2) is 0 Å². The van der Waals surface area contributed by atoms with Gasteiger partial charge in [-0.2, -0.15) is 0 Å². The van der Waals surface area contributed by atoms with Crippen molar-refractivity contribution in [1.29, 1.82) is 0 Å². The fourth-order valence-electron chi connectivity index (χ4n) is 2.96. The average Bonchev–Trinajstić information content (AvgIpc) is 3.15. The van der Waals surface area contributed by atoms with E-state index in [-0.39, 0.29) is 17.5 Å². The first-order chi connectivity index (χ1) is 13.6. The minimum absolute atomic E-state index is 0.0571. The molecule has 0 saturated heterocycles. The van der Waals surface area contributed by atoms with E-state index in [0.29, 0.717) is 17.9 Å². The van der Waals surface area contributed by atoms with Crippen LogP contribution in [-0.2, 0) is 11.2 Å². The molecule has 0 fully saturated rings. The number of likely N-dealkylation sites (N-methyl/N-ethyl adjacent to an activating group) is 1. The predicted octanol–water partition coefficient (Wildman–Crippen LogP) is 2.28. The van der Waals surface area contributed by atoms with Crippen LogP contribution in [0.2, 0.25) is 0 Å². The lowest BCUT2D eigenvalue weighted by Gasteiger charge is -2.19. The molecule has 0 bridgehead atoms. The van der Waals surface area contributed by atoms with E-state index in [4.69, 9.17) is 4.74 Å². The molecule has 1 N–H and O–H groups in total. The zero-order valence-electron chi connectivity index (χ0n) is 15.2. The second kappa shape index (κ2) is 7.77. The Balaban J connectivity index is 1.45. The van der Waals surface area contributed by atoms with Gasteiger partial charge in [-0.05, 0) is 17.7 Å². The predicted molar refractivity (Wildman–Crippen MR) is 106 cm³/mol. The highest BCUT2D eigenvalue weighted by Crippen LogP contribution is 2.29. The van der Waals surface area contributed by atoms with Crippen LogP contribution in [-0.4, -0.2) is 41.7 Å². The smallest absolute Gasteiger partial charge is 0.283 e. The molecule has 0 saturated carbocycles. The molecular weight excluding hydrogens is 376 g/mol. The topological polar surface area (TPSA) is 84.4 Å². The van der Waals surface area contributed by atoms with E-state index in [1.165, 1.54) is 16.2 Å². The molecule has 28 heavy (non-hydrogen) atoms. The summed E-state index contributed by atoms with van der Waals surface area (Å²) in [6.07, 6.45) is 0.606. The van der Waals surface area contributed by atoms with Crippen LogP contribution < -0.4 is 15.0 Å². The lowest BCUT2D eigenvalue weighted by atomic mass is 10.2. The number of aromatic nitrogens is 2. The van der Waals surface area contributed by atoms with E-state index >= 15 is 0 Å². The summed E-state index contributed by atoms with van der Waals surface area (Å²) in [4.78, 5) is 26.8. The van der Waals surface area contributed by atoms with Gasteiger partial charge in [-0.1, -0.05) is 53.8 Å². The van der Waals surface area contributed by atoms with Gasteiger partial charge in [0.05, 0.1) is 5.69 Å². The maximum absolute atomic E-state index is 12.7. The Bertz CT molecular complexity index is 1010. The first kappa shape index (κ1) is 18.1. The number of hydrogen-bond donors (Lipinski definition) is 1. The Morgan fingerprint density at radius 1 is 1.18 bits per heavy atom. The lowest BCUT2D eigenvalue weighted by Crippen LogP contribution is -2.49. The van der Waals surface area contributed by atoms with Crippen molar-refractivity contribution in [2.75, 3.05) is 18.6 Å². The van der Waals surface area contributed by atoms with Crippen LogP contribution in [0.1, 0.15) is 20.4 Å². The maximum atomic E-state index is 12.7. The highest BCUT2D eigenvalue weighted by atomic mass is 32.1. The summed E-state index contributed by atoms with van der Waals surface area (Å²) < 4.78 is 5.71. The molecule has 2 amide bonds. The molecule has 7 nitrogen and oxygen atoms in total. The minimum Gasteiger partial charge on any atom is -0.489 e. The first-order valence-corrected chi connectivity index (χ1v) is 9.60. The minimum atomic E-state index is -0.800. The SMILES string of the molecule is CN1C(=O)[C@@H](NC(=O)c2nnc(Cc3ccccc3)s2)COc2ccccc21. The van der Waals surface area contributed by atoms with Crippen molar-refractivity contribution in [3.8, 4) is 5.75 Å². The molecule has 2 aromatic carbocycles. The standard InChI is InChI=1S/C20H18N4O3S/c1-24-15-9-5-6-10-16(15)27-12-14(20(24)26)21-18(25)19-23-22-17(28-19)11-13-7-3-2-4-8-13/h2-10,14H,11-12H2,1H3,(H,21,25)/t14-/m0/s1. The number of carbonyl (C=O) groups excluding carboxylic acids is 2. The van der Waals surface area contributed by atoms with Gasteiger partial charge in [0.25, 0.3) is 11.8 Å². The number of nitrogens with one attached hydrogen (secondary N) is 1. The molecule has 1 atom stereocenters. The summed E-state index contributed by atoms with van der Waals surface area (Å²) in [5.74, 6) is -0.0680. The Kier molecular flexibility index (Phi) is 5.03. The van der Waals surface area contributed by atoms with Crippen LogP contribution >= 0.6 is 11.3 Å².